The Morgan fingerprint density at radius 1 is 1.11 bits per heavy atom. The average molecular weight is 287 g/mol. The van der Waals surface area contributed by atoms with Crippen LogP contribution >= 0.6 is 12.4 Å². The van der Waals surface area contributed by atoms with Crippen molar-refractivity contribution < 1.29 is 4.79 Å². The molecule has 1 N–H and O–H groups in total. The monoisotopic (exact) mass is 286 g/mol. The topological polar surface area (TPSA) is 32.3 Å². The zero-order valence-electron chi connectivity index (χ0n) is 12.2. The summed E-state index contributed by atoms with van der Waals surface area (Å²) in [5.41, 5.74) is 0.193. The Bertz CT molecular complexity index is 308. The number of hydrogen-bond acceptors (Lipinski definition) is 2. The van der Waals surface area contributed by atoms with Crippen LogP contribution in [-0.2, 0) is 4.79 Å². The molecule has 110 valence electrons. The number of nitrogens with one attached hydrogen (secondary N) is 1. The van der Waals surface area contributed by atoms with E-state index in [2.05, 4.69) is 10.2 Å². The highest BCUT2D eigenvalue weighted by molar-refractivity contribution is 5.85. The molecule has 0 aromatic carbocycles. The highest BCUT2D eigenvalue weighted by atomic mass is 35.5. The van der Waals surface area contributed by atoms with Crippen LogP contribution in [0.4, 0.5) is 0 Å². The van der Waals surface area contributed by atoms with E-state index in [4.69, 9.17) is 0 Å². The van der Waals surface area contributed by atoms with Crippen LogP contribution in [0.2, 0.25) is 0 Å². The zero-order chi connectivity index (χ0) is 12.8. The van der Waals surface area contributed by atoms with Gasteiger partial charge in [0, 0.05) is 18.5 Å². The zero-order valence-corrected chi connectivity index (χ0v) is 13.0. The summed E-state index contributed by atoms with van der Waals surface area (Å²) in [4.78, 5) is 14.2. The van der Waals surface area contributed by atoms with Crippen LogP contribution in [0.3, 0.4) is 0 Å². The molecule has 0 radical (unpaired) electrons. The Labute approximate surface area is 122 Å². The van der Waals surface area contributed by atoms with E-state index in [1.807, 2.05) is 14.1 Å². The SMILES string of the molecule is CN(C)CCC(=O)NC12CC3CC(CC(C3)C1)C2.Cl. The van der Waals surface area contributed by atoms with Gasteiger partial charge in [-0.15, -0.1) is 12.4 Å². The lowest BCUT2D eigenvalue weighted by molar-refractivity contribution is -0.127. The van der Waals surface area contributed by atoms with Crippen LogP contribution < -0.4 is 5.32 Å². The first-order chi connectivity index (χ1) is 8.55. The van der Waals surface area contributed by atoms with Gasteiger partial charge in [0.05, 0.1) is 0 Å². The van der Waals surface area contributed by atoms with Crippen LogP contribution in [0.25, 0.3) is 0 Å². The molecule has 19 heavy (non-hydrogen) atoms. The third kappa shape index (κ3) is 3.25. The summed E-state index contributed by atoms with van der Waals surface area (Å²) >= 11 is 0. The summed E-state index contributed by atoms with van der Waals surface area (Å²) in [6.07, 6.45) is 8.73. The lowest BCUT2D eigenvalue weighted by Crippen LogP contribution is -2.60. The molecule has 0 saturated heterocycles. The van der Waals surface area contributed by atoms with Gasteiger partial charge in [-0.05, 0) is 70.4 Å². The predicted molar refractivity (Wildman–Crippen MR) is 79.5 cm³/mol. The Morgan fingerprint density at radius 2 is 1.58 bits per heavy atom. The number of amides is 1. The van der Waals surface area contributed by atoms with Gasteiger partial charge in [-0.1, -0.05) is 0 Å². The normalized spacial score (nSPS) is 39.2. The van der Waals surface area contributed by atoms with Crippen molar-refractivity contribution in [3.8, 4) is 0 Å². The Morgan fingerprint density at radius 3 is 2.00 bits per heavy atom. The van der Waals surface area contributed by atoms with Crippen molar-refractivity contribution in [3.63, 3.8) is 0 Å². The molecule has 4 bridgehead atoms. The van der Waals surface area contributed by atoms with Crippen LogP contribution in [0.5, 0.6) is 0 Å². The third-order valence-corrected chi connectivity index (χ3v) is 5.23. The van der Waals surface area contributed by atoms with Crippen LogP contribution in [0.1, 0.15) is 44.9 Å². The molecule has 4 fully saturated rings. The minimum absolute atomic E-state index is 0. The summed E-state index contributed by atoms with van der Waals surface area (Å²) < 4.78 is 0. The van der Waals surface area contributed by atoms with Crippen molar-refractivity contribution in [3.05, 3.63) is 0 Å². The second kappa shape index (κ2) is 5.61. The Kier molecular flexibility index (Phi) is 4.46. The predicted octanol–water partition coefficient (Wildman–Crippen LogP) is 2.44. The summed E-state index contributed by atoms with van der Waals surface area (Å²) in [6, 6.07) is 0. The largest absolute Gasteiger partial charge is 0.351 e. The van der Waals surface area contributed by atoms with Gasteiger partial charge in [0.25, 0.3) is 0 Å². The minimum Gasteiger partial charge on any atom is -0.351 e. The van der Waals surface area contributed by atoms with Crippen molar-refractivity contribution >= 4 is 18.3 Å². The van der Waals surface area contributed by atoms with E-state index in [1.54, 1.807) is 0 Å². The van der Waals surface area contributed by atoms with E-state index in [0.29, 0.717) is 6.42 Å². The molecule has 0 aromatic heterocycles. The van der Waals surface area contributed by atoms with Crippen molar-refractivity contribution in [1.29, 1.82) is 0 Å². The highest BCUT2D eigenvalue weighted by Gasteiger charge is 2.51. The van der Waals surface area contributed by atoms with Gasteiger partial charge >= 0.3 is 0 Å². The van der Waals surface area contributed by atoms with Crippen LogP contribution in [0.15, 0.2) is 0 Å². The van der Waals surface area contributed by atoms with Gasteiger partial charge in [-0.25, -0.2) is 0 Å². The third-order valence-electron chi connectivity index (χ3n) is 5.23. The molecular weight excluding hydrogens is 260 g/mol. The van der Waals surface area contributed by atoms with Crippen molar-refractivity contribution in [1.82, 2.24) is 10.2 Å². The number of nitrogens with zero attached hydrogens (tertiary/aromatic N) is 1. The highest BCUT2D eigenvalue weighted by Crippen LogP contribution is 2.55. The maximum atomic E-state index is 12.1. The molecule has 4 aliphatic rings. The van der Waals surface area contributed by atoms with Crippen molar-refractivity contribution in [2.45, 2.75) is 50.5 Å². The van der Waals surface area contributed by atoms with Gasteiger partial charge in [0.15, 0.2) is 0 Å². The van der Waals surface area contributed by atoms with Gasteiger partial charge in [-0.2, -0.15) is 0 Å². The lowest BCUT2D eigenvalue weighted by Gasteiger charge is -2.57. The second-order valence-electron chi connectivity index (χ2n) is 7.30. The molecule has 0 heterocycles. The van der Waals surface area contributed by atoms with Gasteiger partial charge in [0.1, 0.15) is 0 Å². The molecule has 4 heteroatoms. The molecule has 0 unspecified atom stereocenters. The number of halogens is 1. The van der Waals surface area contributed by atoms with Crippen LogP contribution in [-0.4, -0.2) is 37.0 Å². The summed E-state index contributed by atoms with van der Waals surface area (Å²) in [5.74, 6) is 2.99. The average Bonchev–Trinajstić information content (AvgIpc) is 2.23. The summed E-state index contributed by atoms with van der Waals surface area (Å²) in [5, 5.41) is 3.41. The Hall–Kier alpha value is -0.280. The molecule has 4 rings (SSSR count). The maximum absolute atomic E-state index is 12.1. The maximum Gasteiger partial charge on any atom is 0.221 e. The fourth-order valence-corrected chi connectivity index (χ4v) is 4.95. The molecule has 4 saturated carbocycles. The summed E-state index contributed by atoms with van der Waals surface area (Å²) in [6.45, 7) is 0.859. The Balaban J connectivity index is 0.00000133. The number of carbonyl (C=O) groups excluding carboxylic acids is 1. The van der Waals surface area contributed by atoms with E-state index in [-0.39, 0.29) is 23.9 Å². The van der Waals surface area contributed by atoms with E-state index in [1.165, 1.54) is 38.5 Å². The molecule has 3 nitrogen and oxygen atoms in total. The smallest absolute Gasteiger partial charge is 0.221 e. The van der Waals surface area contributed by atoms with Gasteiger partial charge in [-0.3, -0.25) is 4.79 Å². The van der Waals surface area contributed by atoms with Crippen LogP contribution in [0, 0.1) is 17.8 Å². The van der Waals surface area contributed by atoms with Crippen molar-refractivity contribution in [2.75, 3.05) is 20.6 Å². The number of hydrogen-bond donors (Lipinski definition) is 1. The number of carbonyl (C=O) groups is 1. The van der Waals surface area contributed by atoms with E-state index >= 15 is 0 Å². The molecule has 4 aliphatic carbocycles. The van der Waals surface area contributed by atoms with Crippen molar-refractivity contribution in [2.24, 2.45) is 17.8 Å². The molecule has 0 aromatic rings. The van der Waals surface area contributed by atoms with E-state index in [0.717, 1.165) is 24.3 Å². The quantitative estimate of drug-likeness (QED) is 0.861. The number of rotatable bonds is 4. The van der Waals surface area contributed by atoms with E-state index in [9.17, 15) is 4.79 Å². The molecule has 0 spiro atoms. The minimum atomic E-state index is 0. The van der Waals surface area contributed by atoms with Gasteiger partial charge in [0.2, 0.25) is 5.91 Å². The fraction of sp³-hybridized carbons (Fsp3) is 0.933. The molecule has 0 aliphatic heterocycles. The van der Waals surface area contributed by atoms with E-state index < -0.39 is 0 Å². The summed E-state index contributed by atoms with van der Waals surface area (Å²) in [7, 11) is 4.05. The molecule has 0 atom stereocenters. The fourth-order valence-electron chi connectivity index (χ4n) is 4.95. The lowest BCUT2D eigenvalue weighted by atomic mass is 9.53. The molecule has 1 amide bonds. The second-order valence-corrected chi connectivity index (χ2v) is 7.30. The first-order valence-electron chi connectivity index (χ1n) is 7.50. The van der Waals surface area contributed by atoms with Gasteiger partial charge < -0.3 is 10.2 Å². The molecular formula is C15H27ClN2O. The first-order valence-corrected chi connectivity index (χ1v) is 7.50. The first kappa shape index (κ1) is 15.1. The standard InChI is InChI=1S/C15H26N2O.ClH/c1-17(2)4-3-14(18)16-15-8-11-5-12(9-15)7-13(6-11)10-15;/h11-13H,3-10H2,1-2H3,(H,16,18);1H.